The third kappa shape index (κ3) is 4.56. The summed E-state index contributed by atoms with van der Waals surface area (Å²) in [5, 5.41) is 7.76. The first kappa shape index (κ1) is 20.3. The van der Waals surface area contributed by atoms with Gasteiger partial charge in [-0.3, -0.25) is 14.3 Å². The lowest BCUT2D eigenvalue weighted by Gasteiger charge is -2.17. The number of likely N-dealkylation sites (N-methyl/N-ethyl adjacent to an activating group) is 1. The quantitative estimate of drug-likeness (QED) is 0.800. The Hall–Kier alpha value is -2.05. The van der Waals surface area contributed by atoms with Crippen LogP contribution in [0.2, 0.25) is 10.0 Å². The lowest BCUT2D eigenvalue weighted by atomic mass is 10.1. The number of carbonyl (C=O) groups excluding carboxylic acids is 2. The molecule has 1 aromatic carbocycles. The number of nitrogens with one attached hydrogen (secondary N) is 1. The first-order valence-electron chi connectivity index (χ1n) is 8.31. The van der Waals surface area contributed by atoms with Crippen molar-refractivity contribution in [1.29, 1.82) is 0 Å². The molecule has 1 N–H and O–H groups in total. The Morgan fingerprint density at radius 3 is 2.42 bits per heavy atom. The molecule has 0 saturated heterocycles. The number of aromatic nitrogens is 2. The van der Waals surface area contributed by atoms with E-state index in [0.29, 0.717) is 28.0 Å². The summed E-state index contributed by atoms with van der Waals surface area (Å²) in [7, 11) is 1.57. The zero-order valence-corrected chi connectivity index (χ0v) is 16.7. The van der Waals surface area contributed by atoms with Crippen LogP contribution in [0.1, 0.15) is 42.9 Å². The van der Waals surface area contributed by atoms with Crippen molar-refractivity contribution in [2.24, 2.45) is 0 Å². The normalized spacial score (nSPS) is 10.9. The van der Waals surface area contributed by atoms with E-state index >= 15 is 0 Å². The molecule has 0 aliphatic carbocycles. The Morgan fingerprint density at radius 2 is 1.88 bits per heavy atom. The number of hydrogen-bond donors (Lipinski definition) is 1. The molecule has 0 atom stereocenters. The number of halogens is 2. The molecule has 8 heteroatoms. The number of aryl methyl sites for hydroxylation is 1. The SMILES string of the molecule is CCn1nc(C(C)C)cc1C(=O)N(C)CC(=O)Nc1c(Cl)cccc1Cl. The molecule has 2 aromatic rings. The number of hydrogen-bond acceptors (Lipinski definition) is 3. The van der Waals surface area contributed by atoms with Crippen LogP contribution < -0.4 is 5.32 Å². The predicted molar refractivity (Wildman–Crippen MR) is 104 cm³/mol. The molecule has 6 nitrogen and oxygen atoms in total. The van der Waals surface area contributed by atoms with Gasteiger partial charge in [0.15, 0.2) is 0 Å². The number of rotatable bonds is 6. The molecule has 0 unspecified atom stereocenters. The molecule has 0 fully saturated rings. The van der Waals surface area contributed by atoms with Gasteiger partial charge in [-0.2, -0.15) is 5.10 Å². The lowest BCUT2D eigenvalue weighted by Crippen LogP contribution is -2.36. The van der Waals surface area contributed by atoms with Crippen molar-refractivity contribution in [3.8, 4) is 0 Å². The summed E-state index contributed by atoms with van der Waals surface area (Å²) in [4.78, 5) is 26.3. The summed E-state index contributed by atoms with van der Waals surface area (Å²) in [5.41, 5.74) is 1.64. The zero-order chi connectivity index (χ0) is 19.4. The molecule has 0 bridgehead atoms. The zero-order valence-electron chi connectivity index (χ0n) is 15.2. The second-order valence-corrected chi connectivity index (χ2v) is 7.05. The largest absolute Gasteiger partial charge is 0.331 e. The highest BCUT2D eigenvalue weighted by Gasteiger charge is 2.21. The maximum atomic E-state index is 12.7. The minimum Gasteiger partial charge on any atom is -0.331 e. The molecule has 1 heterocycles. The Kier molecular flexibility index (Phi) is 6.67. The third-order valence-corrected chi connectivity index (χ3v) is 4.49. The summed E-state index contributed by atoms with van der Waals surface area (Å²) >= 11 is 12.1. The van der Waals surface area contributed by atoms with Crippen LogP contribution in [0.5, 0.6) is 0 Å². The first-order chi connectivity index (χ1) is 12.2. The van der Waals surface area contributed by atoms with E-state index in [1.807, 2.05) is 20.8 Å². The molecule has 2 rings (SSSR count). The summed E-state index contributed by atoms with van der Waals surface area (Å²) in [6, 6.07) is 6.72. The van der Waals surface area contributed by atoms with E-state index in [9.17, 15) is 9.59 Å². The number of nitrogens with zero attached hydrogens (tertiary/aromatic N) is 3. The second-order valence-electron chi connectivity index (χ2n) is 6.23. The van der Waals surface area contributed by atoms with Crippen molar-refractivity contribution in [2.75, 3.05) is 18.9 Å². The number of amides is 2. The van der Waals surface area contributed by atoms with Crippen LogP contribution in [0, 0.1) is 0 Å². The van der Waals surface area contributed by atoms with Gasteiger partial charge >= 0.3 is 0 Å². The lowest BCUT2D eigenvalue weighted by molar-refractivity contribution is -0.116. The van der Waals surface area contributed by atoms with Gasteiger partial charge in [-0.25, -0.2) is 0 Å². The van der Waals surface area contributed by atoms with Crippen LogP contribution in [0.4, 0.5) is 5.69 Å². The molecule has 0 saturated carbocycles. The maximum absolute atomic E-state index is 12.7. The molecule has 1 aromatic heterocycles. The van der Waals surface area contributed by atoms with E-state index in [4.69, 9.17) is 23.2 Å². The Labute approximate surface area is 163 Å². The van der Waals surface area contributed by atoms with Crippen molar-refractivity contribution in [3.05, 3.63) is 45.7 Å². The van der Waals surface area contributed by atoms with Crippen molar-refractivity contribution in [3.63, 3.8) is 0 Å². The highest BCUT2D eigenvalue weighted by Crippen LogP contribution is 2.29. The minimum absolute atomic E-state index is 0.133. The number of carbonyl (C=O) groups is 2. The van der Waals surface area contributed by atoms with Gasteiger partial charge in [0.25, 0.3) is 5.91 Å². The van der Waals surface area contributed by atoms with Crippen LogP contribution in [0.25, 0.3) is 0 Å². The summed E-state index contributed by atoms with van der Waals surface area (Å²) in [5.74, 6) is -0.445. The average molecular weight is 397 g/mol. The Balaban J connectivity index is 2.10. The number of benzene rings is 1. The highest BCUT2D eigenvalue weighted by atomic mass is 35.5. The van der Waals surface area contributed by atoms with Crippen LogP contribution >= 0.6 is 23.2 Å². The van der Waals surface area contributed by atoms with E-state index in [0.717, 1.165) is 5.69 Å². The fourth-order valence-corrected chi connectivity index (χ4v) is 2.90. The third-order valence-electron chi connectivity index (χ3n) is 3.86. The van der Waals surface area contributed by atoms with Crippen molar-refractivity contribution >= 4 is 40.7 Å². The van der Waals surface area contributed by atoms with Gasteiger partial charge in [0.05, 0.1) is 28.0 Å². The molecule has 26 heavy (non-hydrogen) atoms. The van der Waals surface area contributed by atoms with Gasteiger partial charge in [0.1, 0.15) is 5.69 Å². The molecule has 140 valence electrons. The highest BCUT2D eigenvalue weighted by molar-refractivity contribution is 6.39. The minimum atomic E-state index is -0.387. The standard InChI is InChI=1S/C18H22Cl2N4O2/c1-5-24-15(9-14(22-24)11(2)3)18(26)23(4)10-16(25)21-17-12(19)7-6-8-13(17)20/h6-9,11H,5,10H2,1-4H3,(H,21,25). The van der Waals surface area contributed by atoms with Gasteiger partial charge in [-0.05, 0) is 31.0 Å². The topological polar surface area (TPSA) is 67.2 Å². The van der Waals surface area contributed by atoms with Crippen LogP contribution in [0.3, 0.4) is 0 Å². The first-order valence-corrected chi connectivity index (χ1v) is 9.07. The molecular weight excluding hydrogens is 375 g/mol. The number of anilines is 1. The van der Waals surface area contributed by atoms with Gasteiger partial charge in [0, 0.05) is 13.6 Å². The van der Waals surface area contributed by atoms with Gasteiger partial charge in [0.2, 0.25) is 5.91 Å². The average Bonchev–Trinajstić information content (AvgIpc) is 3.02. The Bertz CT molecular complexity index is 797. The fourth-order valence-electron chi connectivity index (χ4n) is 2.41. The van der Waals surface area contributed by atoms with E-state index in [2.05, 4.69) is 10.4 Å². The van der Waals surface area contributed by atoms with Crippen molar-refractivity contribution < 1.29 is 9.59 Å². The monoisotopic (exact) mass is 396 g/mol. The van der Waals surface area contributed by atoms with E-state index < -0.39 is 0 Å². The Morgan fingerprint density at radius 1 is 1.27 bits per heavy atom. The van der Waals surface area contributed by atoms with Gasteiger partial charge in [-0.15, -0.1) is 0 Å². The number of para-hydroxylation sites is 1. The van der Waals surface area contributed by atoms with Crippen LogP contribution in [-0.4, -0.2) is 40.1 Å². The molecule has 2 amide bonds. The predicted octanol–water partition coefficient (Wildman–Crippen LogP) is 4.04. The molecule has 0 aliphatic heterocycles. The summed E-state index contributed by atoms with van der Waals surface area (Å²) in [6.45, 7) is 6.39. The molecule has 0 aliphatic rings. The smallest absolute Gasteiger partial charge is 0.272 e. The molecular formula is C18H22Cl2N4O2. The summed E-state index contributed by atoms with van der Waals surface area (Å²) in [6.07, 6.45) is 0. The van der Waals surface area contributed by atoms with Crippen molar-refractivity contribution in [1.82, 2.24) is 14.7 Å². The fraction of sp³-hybridized carbons (Fsp3) is 0.389. The van der Waals surface area contributed by atoms with Crippen LogP contribution in [0.15, 0.2) is 24.3 Å². The van der Waals surface area contributed by atoms with E-state index in [1.54, 1.807) is 36.0 Å². The van der Waals surface area contributed by atoms with Gasteiger partial charge < -0.3 is 10.2 Å². The summed E-state index contributed by atoms with van der Waals surface area (Å²) < 4.78 is 1.65. The molecule has 0 spiro atoms. The van der Waals surface area contributed by atoms with Crippen molar-refractivity contribution in [2.45, 2.75) is 33.2 Å². The van der Waals surface area contributed by atoms with E-state index in [1.165, 1.54) is 4.90 Å². The molecule has 0 radical (unpaired) electrons. The maximum Gasteiger partial charge on any atom is 0.272 e. The van der Waals surface area contributed by atoms with E-state index in [-0.39, 0.29) is 24.3 Å². The second kappa shape index (κ2) is 8.56. The van der Waals surface area contributed by atoms with Gasteiger partial charge in [-0.1, -0.05) is 43.1 Å². The van der Waals surface area contributed by atoms with Crippen LogP contribution in [-0.2, 0) is 11.3 Å².